The molecule has 1 aromatic carbocycles. The normalized spacial score (nSPS) is 9.94. The van der Waals surface area contributed by atoms with E-state index in [2.05, 4.69) is 22.5 Å². The number of nitrogens with zero attached hydrogens (tertiary/aromatic N) is 1. The maximum absolute atomic E-state index is 12.2. The van der Waals surface area contributed by atoms with Gasteiger partial charge in [0.05, 0.1) is 5.56 Å². The summed E-state index contributed by atoms with van der Waals surface area (Å²) in [5, 5.41) is 0. The number of carbonyl (C=O) groups excluding carboxylic acids is 1. The number of hydrogen-bond donors (Lipinski definition) is 0. The minimum absolute atomic E-state index is 0.0398. The molecule has 86 valence electrons. The predicted molar refractivity (Wildman–Crippen MR) is 70.7 cm³/mol. The van der Waals surface area contributed by atoms with Crippen LogP contribution < -0.4 is 0 Å². The van der Waals surface area contributed by atoms with E-state index in [9.17, 15) is 4.79 Å². The number of amides is 1. The molecule has 2 nitrogen and oxygen atoms in total. The zero-order valence-corrected chi connectivity index (χ0v) is 11.3. The summed E-state index contributed by atoms with van der Waals surface area (Å²) >= 11 is 3.41. The molecule has 0 bridgehead atoms. The fraction of sp³-hybridized carbons (Fsp3) is 0.308. The van der Waals surface area contributed by atoms with Gasteiger partial charge in [0.2, 0.25) is 0 Å². The van der Waals surface area contributed by atoms with Crippen molar-refractivity contribution in [2.24, 2.45) is 0 Å². The van der Waals surface area contributed by atoms with Crippen LogP contribution in [0.15, 0.2) is 35.3 Å². The molecule has 0 fully saturated rings. The minimum Gasteiger partial charge on any atom is -0.335 e. The standard InChI is InChI=1S/C13H16BrNO/c1-4-8-15(5-2)13(16)11-9-10(3)6-7-12(11)14/h4,6-7,9H,1,5,8H2,2-3H3. The van der Waals surface area contributed by atoms with Crippen LogP contribution in [0.5, 0.6) is 0 Å². The van der Waals surface area contributed by atoms with Gasteiger partial charge in [-0.05, 0) is 41.9 Å². The number of hydrogen-bond acceptors (Lipinski definition) is 1. The zero-order chi connectivity index (χ0) is 12.1. The lowest BCUT2D eigenvalue weighted by Crippen LogP contribution is -2.31. The van der Waals surface area contributed by atoms with E-state index in [0.29, 0.717) is 18.7 Å². The third-order valence-corrected chi connectivity index (χ3v) is 3.06. The van der Waals surface area contributed by atoms with E-state index >= 15 is 0 Å². The first-order valence-corrected chi connectivity index (χ1v) is 6.05. The second-order valence-corrected chi connectivity index (χ2v) is 4.47. The summed E-state index contributed by atoms with van der Waals surface area (Å²) < 4.78 is 0.839. The molecule has 1 amide bonds. The van der Waals surface area contributed by atoms with Crippen molar-refractivity contribution in [1.82, 2.24) is 4.90 Å². The Morgan fingerprint density at radius 3 is 2.81 bits per heavy atom. The van der Waals surface area contributed by atoms with E-state index in [4.69, 9.17) is 0 Å². The summed E-state index contributed by atoms with van der Waals surface area (Å²) in [6.45, 7) is 8.87. The lowest BCUT2D eigenvalue weighted by atomic mass is 10.1. The molecule has 0 unspecified atom stereocenters. The monoisotopic (exact) mass is 281 g/mol. The van der Waals surface area contributed by atoms with Gasteiger partial charge in [-0.25, -0.2) is 0 Å². The molecular formula is C13H16BrNO. The molecule has 1 aromatic rings. The molecule has 0 saturated carbocycles. The average molecular weight is 282 g/mol. The molecule has 0 radical (unpaired) electrons. The molecule has 16 heavy (non-hydrogen) atoms. The Balaban J connectivity index is 3.02. The minimum atomic E-state index is 0.0398. The summed E-state index contributed by atoms with van der Waals surface area (Å²) in [6, 6.07) is 5.78. The van der Waals surface area contributed by atoms with Crippen LogP contribution in [0.25, 0.3) is 0 Å². The Labute approximate surface area is 105 Å². The van der Waals surface area contributed by atoms with Gasteiger partial charge in [-0.15, -0.1) is 6.58 Å². The predicted octanol–water partition coefficient (Wildman–Crippen LogP) is 3.41. The van der Waals surface area contributed by atoms with Crippen molar-refractivity contribution >= 4 is 21.8 Å². The topological polar surface area (TPSA) is 20.3 Å². The van der Waals surface area contributed by atoms with Crippen molar-refractivity contribution in [3.63, 3.8) is 0 Å². The fourth-order valence-corrected chi connectivity index (χ4v) is 1.90. The molecule has 0 aliphatic carbocycles. The largest absolute Gasteiger partial charge is 0.335 e. The van der Waals surface area contributed by atoms with E-state index in [1.807, 2.05) is 32.0 Å². The SMILES string of the molecule is C=CCN(CC)C(=O)c1cc(C)ccc1Br. The maximum atomic E-state index is 12.2. The van der Waals surface area contributed by atoms with Crippen molar-refractivity contribution in [3.8, 4) is 0 Å². The zero-order valence-electron chi connectivity index (χ0n) is 9.66. The summed E-state index contributed by atoms with van der Waals surface area (Å²) in [5.74, 6) is 0.0398. The van der Waals surface area contributed by atoms with Gasteiger partial charge >= 0.3 is 0 Å². The van der Waals surface area contributed by atoms with Gasteiger partial charge in [-0.3, -0.25) is 4.79 Å². The third-order valence-electron chi connectivity index (χ3n) is 2.37. The number of carbonyl (C=O) groups is 1. The first-order valence-electron chi connectivity index (χ1n) is 5.26. The molecule has 0 saturated heterocycles. The van der Waals surface area contributed by atoms with Crippen LogP contribution in [0.4, 0.5) is 0 Å². The van der Waals surface area contributed by atoms with Crippen molar-refractivity contribution in [2.75, 3.05) is 13.1 Å². The maximum Gasteiger partial charge on any atom is 0.255 e. The van der Waals surface area contributed by atoms with E-state index in [0.717, 1.165) is 10.0 Å². The number of rotatable bonds is 4. The Morgan fingerprint density at radius 1 is 1.56 bits per heavy atom. The van der Waals surface area contributed by atoms with Crippen LogP contribution in [-0.4, -0.2) is 23.9 Å². The first kappa shape index (κ1) is 13.0. The summed E-state index contributed by atoms with van der Waals surface area (Å²) in [6.07, 6.45) is 1.74. The molecule has 3 heteroatoms. The van der Waals surface area contributed by atoms with Crippen LogP contribution in [0, 0.1) is 6.92 Å². The highest BCUT2D eigenvalue weighted by Gasteiger charge is 2.15. The molecule has 0 aliphatic heterocycles. The van der Waals surface area contributed by atoms with Crippen LogP contribution in [0.2, 0.25) is 0 Å². The Kier molecular flexibility index (Phi) is 4.74. The lowest BCUT2D eigenvalue weighted by Gasteiger charge is -2.19. The van der Waals surface area contributed by atoms with Gasteiger partial charge in [-0.2, -0.15) is 0 Å². The molecule has 1 rings (SSSR count). The Morgan fingerprint density at radius 2 is 2.25 bits per heavy atom. The smallest absolute Gasteiger partial charge is 0.255 e. The lowest BCUT2D eigenvalue weighted by molar-refractivity contribution is 0.0781. The van der Waals surface area contributed by atoms with Gasteiger partial charge in [-0.1, -0.05) is 17.7 Å². The van der Waals surface area contributed by atoms with Gasteiger partial charge in [0.25, 0.3) is 5.91 Å². The molecule has 0 N–H and O–H groups in total. The second kappa shape index (κ2) is 5.85. The number of likely N-dealkylation sites (N-methyl/N-ethyl adjacent to an activating group) is 1. The van der Waals surface area contributed by atoms with Crippen molar-refractivity contribution in [2.45, 2.75) is 13.8 Å². The van der Waals surface area contributed by atoms with Gasteiger partial charge in [0, 0.05) is 17.6 Å². The molecular weight excluding hydrogens is 266 g/mol. The fourth-order valence-electron chi connectivity index (χ4n) is 1.48. The van der Waals surface area contributed by atoms with Crippen LogP contribution in [-0.2, 0) is 0 Å². The Hall–Kier alpha value is -1.09. The third kappa shape index (κ3) is 2.95. The van der Waals surface area contributed by atoms with Gasteiger partial charge < -0.3 is 4.90 Å². The Bertz CT molecular complexity index is 401. The van der Waals surface area contributed by atoms with Crippen LogP contribution in [0.3, 0.4) is 0 Å². The highest BCUT2D eigenvalue weighted by molar-refractivity contribution is 9.10. The van der Waals surface area contributed by atoms with E-state index in [-0.39, 0.29) is 5.91 Å². The second-order valence-electron chi connectivity index (χ2n) is 3.62. The molecule has 0 heterocycles. The number of aryl methyl sites for hydroxylation is 1. The quantitative estimate of drug-likeness (QED) is 0.775. The van der Waals surface area contributed by atoms with Crippen molar-refractivity contribution in [1.29, 1.82) is 0 Å². The van der Waals surface area contributed by atoms with Crippen molar-refractivity contribution in [3.05, 3.63) is 46.5 Å². The summed E-state index contributed by atoms with van der Waals surface area (Å²) in [4.78, 5) is 13.9. The molecule has 0 spiro atoms. The number of halogens is 1. The van der Waals surface area contributed by atoms with Gasteiger partial charge in [0.15, 0.2) is 0 Å². The van der Waals surface area contributed by atoms with E-state index in [1.165, 1.54) is 0 Å². The highest BCUT2D eigenvalue weighted by Crippen LogP contribution is 2.19. The molecule has 0 aromatic heterocycles. The average Bonchev–Trinajstić information content (AvgIpc) is 2.28. The van der Waals surface area contributed by atoms with E-state index < -0.39 is 0 Å². The molecule has 0 aliphatic rings. The highest BCUT2D eigenvalue weighted by atomic mass is 79.9. The summed E-state index contributed by atoms with van der Waals surface area (Å²) in [7, 11) is 0. The molecule has 0 atom stereocenters. The first-order chi connectivity index (χ1) is 7.60. The van der Waals surface area contributed by atoms with Crippen LogP contribution in [0.1, 0.15) is 22.8 Å². The van der Waals surface area contributed by atoms with Crippen molar-refractivity contribution < 1.29 is 4.79 Å². The number of benzene rings is 1. The van der Waals surface area contributed by atoms with E-state index in [1.54, 1.807) is 11.0 Å². The van der Waals surface area contributed by atoms with Gasteiger partial charge in [0.1, 0.15) is 0 Å². The summed E-state index contributed by atoms with van der Waals surface area (Å²) in [5.41, 5.74) is 1.80. The van der Waals surface area contributed by atoms with Crippen LogP contribution >= 0.6 is 15.9 Å².